The van der Waals surface area contributed by atoms with Crippen molar-refractivity contribution in [3.05, 3.63) is 64.1 Å². The molecule has 0 spiro atoms. The number of nitrogens with one attached hydrogen (secondary N) is 1. The van der Waals surface area contributed by atoms with Gasteiger partial charge in [-0.15, -0.1) is 5.10 Å². The predicted octanol–water partition coefficient (Wildman–Crippen LogP) is 4.34. The molecule has 1 heterocycles. The molecule has 154 valence electrons. The molecular weight excluding hydrogens is 463 g/mol. The lowest BCUT2D eigenvalue weighted by Gasteiger charge is -2.16. The summed E-state index contributed by atoms with van der Waals surface area (Å²) in [5, 5.41) is 8.11. The Morgan fingerprint density at radius 1 is 1.21 bits per heavy atom. The Kier molecular flexibility index (Phi) is 6.35. The monoisotopic (exact) mass is 482 g/mol. The summed E-state index contributed by atoms with van der Waals surface area (Å²) in [6.45, 7) is 5.74. The molecule has 2 aromatic carbocycles. The fourth-order valence-electron chi connectivity index (χ4n) is 2.86. The van der Waals surface area contributed by atoms with Gasteiger partial charge < -0.3 is 4.74 Å². The summed E-state index contributed by atoms with van der Waals surface area (Å²) in [6, 6.07) is 10.0. The molecule has 1 atom stereocenters. The number of halogens is 2. The molecule has 29 heavy (non-hydrogen) atoms. The molecule has 0 fully saturated rings. The van der Waals surface area contributed by atoms with E-state index in [1.807, 2.05) is 6.92 Å². The Bertz CT molecular complexity index is 1120. The van der Waals surface area contributed by atoms with Crippen LogP contribution >= 0.6 is 15.9 Å². The van der Waals surface area contributed by atoms with Gasteiger partial charge in [0, 0.05) is 11.0 Å². The minimum absolute atomic E-state index is 0.192. The van der Waals surface area contributed by atoms with Crippen molar-refractivity contribution in [3.63, 3.8) is 0 Å². The highest BCUT2D eigenvalue weighted by molar-refractivity contribution is 9.10. The molecule has 7 nitrogen and oxygen atoms in total. The van der Waals surface area contributed by atoms with Crippen LogP contribution in [0.15, 0.2) is 51.8 Å². The molecule has 0 aliphatic carbocycles. The van der Waals surface area contributed by atoms with Crippen molar-refractivity contribution in [3.8, 4) is 11.8 Å². The van der Waals surface area contributed by atoms with E-state index in [0.717, 1.165) is 4.47 Å². The van der Waals surface area contributed by atoms with Crippen LogP contribution in [-0.4, -0.2) is 23.2 Å². The number of ether oxygens (including phenoxy) is 1. The largest absolute Gasteiger partial charge is 0.424 e. The summed E-state index contributed by atoms with van der Waals surface area (Å²) in [5.74, 6) is 0.433. The molecule has 1 N–H and O–H groups in total. The fraction of sp³-hybridized carbons (Fsp3) is 0.263. The Balaban J connectivity index is 1.84. The summed E-state index contributed by atoms with van der Waals surface area (Å²) in [7, 11) is -3.77. The van der Waals surface area contributed by atoms with Crippen molar-refractivity contribution in [2.75, 3.05) is 0 Å². The van der Waals surface area contributed by atoms with Gasteiger partial charge in [0.2, 0.25) is 10.0 Å². The zero-order valence-electron chi connectivity index (χ0n) is 16.1. The van der Waals surface area contributed by atoms with Gasteiger partial charge in [-0.3, -0.25) is 4.57 Å². The highest BCUT2D eigenvalue weighted by Crippen LogP contribution is 2.25. The first-order valence-electron chi connectivity index (χ1n) is 8.86. The van der Waals surface area contributed by atoms with Crippen LogP contribution < -0.4 is 9.46 Å². The van der Waals surface area contributed by atoms with E-state index in [-0.39, 0.29) is 16.7 Å². The van der Waals surface area contributed by atoms with Crippen molar-refractivity contribution >= 4 is 26.0 Å². The van der Waals surface area contributed by atoms with E-state index in [9.17, 15) is 12.8 Å². The third-order valence-electron chi connectivity index (χ3n) is 4.23. The fourth-order valence-corrected chi connectivity index (χ4v) is 4.77. The minimum Gasteiger partial charge on any atom is -0.424 e. The Hall–Kier alpha value is -2.30. The molecular formula is C19H20BrFN4O3S. The lowest BCUT2D eigenvalue weighted by Crippen LogP contribution is -2.29. The topological polar surface area (TPSA) is 86.1 Å². The highest BCUT2D eigenvalue weighted by atomic mass is 79.9. The molecule has 0 aliphatic heterocycles. The zero-order chi connectivity index (χ0) is 21.2. The van der Waals surface area contributed by atoms with Gasteiger partial charge in [0.25, 0.3) is 0 Å². The van der Waals surface area contributed by atoms with Crippen molar-refractivity contribution in [1.29, 1.82) is 0 Å². The van der Waals surface area contributed by atoms with Gasteiger partial charge in [-0.1, -0.05) is 21.0 Å². The van der Waals surface area contributed by atoms with Crippen LogP contribution in [0.25, 0.3) is 0 Å². The average molecular weight is 483 g/mol. The number of hydrogen-bond acceptors (Lipinski definition) is 5. The van der Waals surface area contributed by atoms with Gasteiger partial charge >= 0.3 is 6.01 Å². The number of nitrogens with zero attached hydrogens (tertiary/aromatic N) is 3. The third-order valence-corrected chi connectivity index (χ3v) is 6.42. The molecule has 3 aromatic rings. The summed E-state index contributed by atoms with van der Waals surface area (Å²) in [6.07, 6.45) is 0. The molecule has 0 radical (unpaired) electrons. The zero-order valence-corrected chi connectivity index (χ0v) is 18.5. The molecule has 0 saturated carbocycles. The van der Waals surface area contributed by atoms with Gasteiger partial charge in [0.05, 0.1) is 10.9 Å². The van der Waals surface area contributed by atoms with Gasteiger partial charge in [0.1, 0.15) is 11.6 Å². The molecule has 0 aliphatic rings. The number of benzene rings is 2. The maximum absolute atomic E-state index is 13.1. The SMILES string of the molecule is CCn1c(Oc2ccc(F)cc2)nnc1[C@@H](C)NS(=O)(=O)c1ccc(Br)cc1C. The average Bonchev–Trinajstić information content (AvgIpc) is 3.05. The van der Waals surface area contributed by atoms with Crippen LogP contribution in [0, 0.1) is 12.7 Å². The highest BCUT2D eigenvalue weighted by Gasteiger charge is 2.25. The number of sulfonamides is 1. The first-order chi connectivity index (χ1) is 13.7. The summed E-state index contributed by atoms with van der Waals surface area (Å²) >= 11 is 3.33. The van der Waals surface area contributed by atoms with E-state index in [2.05, 4.69) is 30.8 Å². The molecule has 10 heteroatoms. The summed E-state index contributed by atoms with van der Waals surface area (Å²) in [4.78, 5) is 0.192. The molecule has 0 amide bonds. The van der Waals surface area contributed by atoms with Crippen molar-refractivity contribution in [2.45, 2.75) is 38.3 Å². The van der Waals surface area contributed by atoms with Crippen molar-refractivity contribution in [2.24, 2.45) is 0 Å². The van der Waals surface area contributed by atoms with E-state index in [1.165, 1.54) is 24.3 Å². The van der Waals surface area contributed by atoms with E-state index < -0.39 is 16.1 Å². The van der Waals surface area contributed by atoms with Gasteiger partial charge in [-0.25, -0.2) is 17.5 Å². The quantitative estimate of drug-likeness (QED) is 0.541. The Morgan fingerprint density at radius 2 is 1.90 bits per heavy atom. The molecule has 0 bridgehead atoms. The lowest BCUT2D eigenvalue weighted by molar-refractivity contribution is 0.407. The molecule has 0 saturated heterocycles. The normalized spacial score (nSPS) is 12.7. The van der Waals surface area contributed by atoms with Crippen LogP contribution in [-0.2, 0) is 16.6 Å². The van der Waals surface area contributed by atoms with Crippen LogP contribution in [0.5, 0.6) is 11.8 Å². The van der Waals surface area contributed by atoms with Crippen LogP contribution in [0.4, 0.5) is 4.39 Å². The van der Waals surface area contributed by atoms with Gasteiger partial charge in [0.15, 0.2) is 5.82 Å². The Morgan fingerprint density at radius 3 is 2.52 bits per heavy atom. The standard InChI is InChI=1S/C19H20BrFN4O3S/c1-4-25-18(22-23-19(25)28-16-8-6-15(21)7-9-16)13(3)24-29(26,27)17-10-5-14(20)11-12(17)2/h5-11,13,24H,4H2,1-3H3/t13-/m1/s1. The summed E-state index contributed by atoms with van der Waals surface area (Å²) < 4.78 is 49.5. The Labute approximate surface area is 177 Å². The van der Waals surface area contributed by atoms with Gasteiger partial charge in [-0.05, 0) is 68.8 Å². The van der Waals surface area contributed by atoms with E-state index in [1.54, 1.807) is 36.6 Å². The number of aromatic nitrogens is 3. The summed E-state index contributed by atoms with van der Waals surface area (Å²) in [5.41, 5.74) is 0.622. The van der Waals surface area contributed by atoms with Gasteiger partial charge in [-0.2, -0.15) is 0 Å². The van der Waals surface area contributed by atoms with Crippen LogP contribution in [0.3, 0.4) is 0 Å². The second-order valence-electron chi connectivity index (χ2n) is 6.39. The lowest BCUT2D eigenvalue weighted by atomic mass is 10.2. The van der Waals surface area contributed by atoms with E-state index >= 15 is 0 Å². The number of aryl methyl sites for hydroxylation is 1. The third kappa shape index (κ3) is 4.82. The first-order valence-corrected chi connectivity index (χ1v) is 11.1. The smallest absolute Gasteiger partial charge is 0.322 e. The maximum atomic E-state index is 13.1. The van der Waals surface area contributed by atoms with Crippen molar-refractivity contribution < 1.29 is 17.5 Å². The second kappa shape index (κ2) is 8.60. The molecule has 3 rings (SSSR count). The van der Waals surface area contributed by atoms with E-state index in [4.69, 9.17) is 4.74 Å². The maximum Gasteiger partial charge on any atom is 0.322 e. The number of hydrogen-bond donors (Lipinski definition) is 1. The predicted molar refractivity (Wildman–Crippen MR) is 110 cm³/mol. The number of rotatable bonds is 7. The van der Waals surface area contributed by atoms with Crippen LogP contribution in [0.2, 0.25) is 0 Å². The van der Waals surface area contributed by atoms with E-state index in [0.29, 0.717) is 23.7 Å². The van der Waals surface area contributed by atoms with Crippen molar-refractivity contribution in [1.82, 2.24) is 19.5 Å². The minimum atomic E-state index is -3.77. The molecule has 1 aromatic heterocycles. The second-order valence-corrected chi connectivity index (χ2v) is 8.99. The molecule has 0 unspecified atom stereocenters. The first kappa shape index (κ1) is 21.4. The van der Waals surface area contributed by atoms with Crippen LogP contribution in [0.1, 0.15) is 31.3 Å².